The molecule has 1 radical (unpaired) electrons. The molecule has 0 saturated carbocycles. The summed E-state index contributed by atoms with van der Waals surface area (Å²) < 4.78 is 0. The Bertz CT molecular complexity index is 374. The molecule has 77 valence electrons. The molecule has 0 aromatic heterocycles. The van der Waals surface area contributed by atoms with Crippen LogP contribution in [0.2, 0.25) is 0 Å². The maximum atomic E-state index is 11.4. The summed E-state index contributed by atoms with van der Waals surface area (Å²) in [7, 11) is 0. The van der Waals surface area contributed by atoms with Gasteiger partial charge in [0.25, 0.3) is 0 Å². The number of carbonyl (C=O) groups is 1. The Kier molecular flexibility index (Phi) is 4.48. The first-order valence-electron chi connectivity index (χ1n) is 5.03. The van der Waals surface area contributed by atoms with Gasteiger partial charge in [0.2, 0.25) is 0 Å². The van der Waals surface area contributed by atoms with Crippen molar-refractivity contribution in [3.63, 3.8) is 0 Å². The predicted molar refractivity (Wildman–Crippen MR) is 56.8 cm³/mol. The predicted octanol–water partition coefficient (Wildman–Crippen LogP) is 2.88. The van der Waals surface area contributed by atoms with Crippen molar-refractivity contribution in [2.75, 3.05) is 6.54 Å². The summed E-state index contributed by atoms with van der Waals surface area (Å²) >= 11 is 0. The fourth-order valence-corrected chi connectivity index (χ4v) is 1.75. The third kappa shape index (κ3) is 2.67. The van der Waals surface area contributed by atoms with Gasteiger partial charge in [0, 0.05) is 38.3 Å². The molecule has 0 saturated heterocycles. The van der Waals surface area contributed by atoms with Gasteiger partial charge in [-0.3, -0.25) is 0 Å². The van der Waals surface area contributed by atoms with Gasteiger partial charge < -0.3 is 10.1 Å². The molecule has 1 aliphatic heterocycles. The maximum absolute atomic E-state index is 11.4. The van der Waals surface area contributed by atoms with Crippen LogP contribution in [0.25, 0.3) is 5.32 Å². The molecule has 15 heavy (non-hydrogen) atoms. The number of benzene rings is 1. The number of fused-ring (bicyclic) bond motifs is 1. The Morgan fingerprint density at radius 2 is 2.07 bits per heavy atom. The van der Waals surface area contributed by atoms with Gasteiger partial charge in [0.1, 0.15) is 0 Å². The SMILES string of the molecule is CC(C)c1ccc2c(c1)CC[N-]C2=O.[Y]. The molecular weight excluding hydrogens is 263 g/mol. The second kappa shape index (κ2) is 5.22. The van der Waals surface area contributed by atoms with Crippen LogP contribution in [0, 0.1) is 0 Å². The van der Waals surface area contributed by atoms with Gasteiger partial charge in [-0.2, -0.15) is 0 Å². The molecule has 1 aromatic rings. The van der Waals surface area contributed by atoms with Crippen LogP contribution in [-0.2, 0) is 39.1 Å². The molecule has 3 heteroatoms. The summed E-state index contributed by atoms with van der Waals surface area (Å²) in [4.78, 5) is 11.4. The van der Waals surface area contributed by atoms with E-state index in [1.807, 2.05) is 12.1 Å². The van der Waals surface area contributed by atoms with Crippen LogP contribution in [0.4, 0.5) is 0 Å². The van der Waals surface area contributed by atoms with Crippen molar-refractivity contribution in [1.29, 1.82) is 0 Å². The van der Waals surface area contributed by atoms with E-state index in [0.717, 1.165) is 17.5 Å². The van der Waals surface area contributed by atoms with Crippen LogP contribution >= 0.6 is 0 Å². The summed E-state index contributed by atoms with van der Waals surface area (Å²) in [5.74, 6) is 0.468. The van der Waals surface area contributed by atoms with Crippen LogP contribution in [0.3, 0.4) is 0 Å². The molecule has 0 spiro atoms. The quantitative estimate of drug-likeness (QED) is 0.776. The molecular formula is C12H14NOY-. The van der Waals surface area contributed by atoms with E-state index in [2.05, 4.69) is 25.2 Å². The summed E-state index contributed by atoms with van der Waals surface area (Å²) in [6, 6.07) is 6.09. The molecule has 0 fully saturated rings. The van der Waals surface area contributed by atoms with Gasteiger partial charge in [0.15, 0.2) is 0 Å². The number of hydrogen-bond acceptors (Lipinski definition) is 1. The fourth-order valence-electron chi connectivity index (χ4n) is 1.75. The second-order valence-corrected chi connectivity index (χ2v) is 4.01. The van der Waals surface area contributed by atoms with Crippen LogP contribution in [0.15, 0.2) is 18.2 Å². The molecule has 1 aromatic carbocycles. The largest absolute Gasteiger partial charge is 0.649 e. The van der Waals surface area contributed by atoms with E-state index in [0.29, 0.717) is 12.5 Å². The minimum Gasteiger partial charge on any atom is -0.649 e. The first-order chi connectivity index (χ1) is 6.68. The van der Waals surface area contributed by atoms with Crippen molar-refractivity contribution in [2.45, 2.75) is 26.2 Å². The molecule has 0 N–H and O–H groups in total. The Morgan fingerprint density at radius 1 is 1.33 bits per heavy atom. The number of amides is 1. The van der Waals surface area contributed by atoms with Crippen molar-refractivity contribution < 1.29 is 37.5 Å². The van der Waals surface area contributed by atoms with E-state index in [4.69, 9.17) is 0 Å². The van der Waals surface area contributed by atoms with E-state index >= 15 is 0 Å². The van der Waals surface area contributed by atoms with Crippen molar-refractivity contribution in [3.05, 3.63) is 40.2 Å². The topological polar surface area (TPSA) is 31.2 Å². The summed E-state index contributed by atoms with van der Waals surface area (Å²) in [5, 5.41) is 3.91. The van der Waals surface area contributed by atoms with Gasteiger partial charge in [-0.05, 0) is 23.5 Å². The first-order valence-corrected chi connectivity index (χ1v) is 5.03. The minimum absolute atomic E-state index is 0. The monoisotopic (exact) mass is 277 g/mol. The molecule has 0 aliphatic carbocycles. The van der Waals surface area contributed by atoms with Gasteiger partial charge in [-0.1, -0.05) is 32.0 Å². The van der Waals surface area contributed by atoms with E-state index < -0.39 is 0 Å². The second-order valence-electron chi connectivity index (χ2n) is 4.01. The molecule has 1 aliphatic rings. The minimum atomic E-state index is -0.0541. The molecule has 2 nitrogen and oxygen atoms in total. The van der Waals surface area contributed by atoms with E-state index in [1.165, 1.54) is 5.56 Å². The van der Waals surface area contributed by atoms with Gasteiger partial charge >= 0.3 is 0 Å². The Morgan fingerprint density at radius 3 is 2.73 bits per heavy atom. The van der Waals surface area contributed by atoms with Crippen molar-refractivity contribution in [1.82, 2.24) is 0 Å². The zero-order valence-electron chi connectivity index (χ0n) is 9.16. The molecule has 1 amide bonds. The van der Waals surface area contributed by atoms with E-state index in [-0.39, 0.29) is 38.6 Å². The average molecular weight is 277 g/mol. The third-order valence-corrected chi connectivity index (χ3v) is 2.66. The van der Waals surface area contributed by atoms with E-state index in [1.54, 1.807) is 0 Å². The number of carbonyl (C=O) groups excluding carboxylic acids is 1. The molecule has 0 atom stereocenters. The van der Waals surface area contributed by atoms with Crippen LogP contribution < -0.4 is 0 Å². The smallest absolute Gasteiger partial charge is 0.0823 e. The normalized spacial score (nSPS) is 14.2. The van der Waals surface area contributed by atoms with Crippen molar-refractivity contribution >= 4 is 5.91 Å². The zero-order valence-corrected chi connectivity index (χ0v) is 12.0. The Hall–Kier alpha value is -0.206. The van der Waals surface area contributed by atoms with E-state index in [9.17, 15) is 4.79 Å². The zero-order chi connectivity index (χ0) is 10.1. The summed E-state index contributed by atoms with van der Waals surface area (Å²) in [6.07, 6.45) is 0.904. The maximum Gasteiger partial charge on any atom is 0.0823 e. The van der Waals surface area contributed by atoms with Crippen LogP contribution in [0.5, 0.6) is 0 Å². The Labute approximate surface area is 116 Å². The molecule has 1 heterocycles. The number of rotatable bonds is 1. The van der Waals surface area contributed by atoms with Crippen molar-refractivity contribution in [2.24, 2.45) is 0 Å². The Balaban J connectivity index is 0.00000112. The fraction of sp³-hybridized carbons (Fsp3) is 0.417. The van der Waals surface area contributed by atoms with Crippen LogP contribution in [0.1, 0.15) is 41.3 Å². The summed E-state index contributed by atoms with van der Waals surface area (Å²) in [5.41, 5.74) is 3.26. The van der Waals surface area contributed by atoms with Gasteiger partial charge in [0.05, 0.1) is 5.91 Å². The van der Waals surface area contributed by atoms with Crippen molar-refractivity contribution in [3.8, 4) is 0 Å². The van der Waals surface area contributed by atoms with Gasteiger partial charge in [-0.15, -0.1) is 6.54 Å². The number of nitrogens with zero attached hydrogens (tertiary/aromatic N) is 1. The van der Waals surface area contributed by atoms with Crippen LogP contribution in [-0.4, -0.2) is 12.5 Å². The standard InChI is InChI=1S/C12H15NO.Y/c1-8(2)9-3-4-11-10(7-9)5-6-13-12(11)14;/h3-4,7-8H,5-6H2,1-2H3,(H,13,14);/p-1. The molecule has 2 rings (SSSR count). The average Bonchev–Trinajstić information content (AvgIpc) is 2.17. The first kappa shape index (κ1) is 12.9. The molecule has 0 unspecified atom stereocenters. The summed E-state index contributed by atoms with van der Waals surface area (Å²) in [6.45, 7) is 4.97. The molecule has 0 bridgehead atoms. The third-order valence-electron chi connectivity index (χ3n) is 2.66. The number of hydrogen-bond donors (Lipinski definition) is 0. The van der Waals surface area contributed by atoms with Gasteiger partial charge in [-0.25, -0.2) is 0 Å².